The van der Waals surface area contributed by atoms with Gasteiger partial charge in [-0.05, 0) is 205 Å². The molecule has 24 bridgehead atoms. The van der Waals surface area contributed by atoms with E-state index in [4.69, 9.17) is 4.98 Å². The molecular weight excluding hydrogens is 1340 g/mol. The first-order valence-corrected chi connectivity index (χ1v) is 34.3. The summed E-state index contributed by atoms with van der Waals surface area (Å²) in [6.45, 7) is 0. The maximum absolute atomic E-state index is 13.6. The Hall–Kier alpha value is -10.8. The molecule has 0 radical (unpaired) electrons. The van der Waals surface area contributed by atoms with Crippen LogP contribution in [0.5, 0.6) is 0 Å². The number of thiophene rings is 3. The maximum atomic E-state index is 13.6. The van der Waals surface area contributed by atoms with Crippen molar-refractivity contribution < 1.29 is 54.0 Å². The number of hydrogen-bond acceptors (Lipinski definition) is 17. The predicted octanol–water partition coefficient (Wildman–Crippen LogP) is 16.0. The second kappa shape index (κ2) is 26.7. The van der Waals surface area contributed by atoms with Gasteiger partial charge in [0.05, 0.1) is 68.3 Å². The molecule has 3 aromatic carbocycles. The van der Waals surface area contributed by atoms with Crippen molar-refractivity contribution in [3.63, 3.8) is 0 Å². The third-order valence-electron chi connectivity index (χ3n) is 17.6. The molecule has 0 aliphatic carbocycles. The minimum atomic E-state index is -1.30. The number of nitrogens with one attached hydrogen (secondary N) is 3. The second-order valence-corrected chi connectivity index (χ2v) is 27.9. The highest BCUT2D eigenvalue weighted by Gasteiger charge is 2.34. The lowest BCUT2D eigenvalue weighted by Gasteiger charge is -2.11. The predicted molar refractivity (Wildman–Crippen MR) is 387 cm³/mol. The Kier molecular flexibility index (Phi) is 17.2. The molecule has 11 N–H and O–H groups in total. The van der Waals surface area contributed by atoms with Gasteiger partial charge >= 0.3 is 0 Å². The van der Waals surface area contributed by atoms with Crippen LogP contribution < -0.4 is 0 Å². The SMILES string of the molecule is OC1c2cc3ccc(cc4nc(c(-c5ccc(F)cc5)c5ccc(cc(n2)C1O)s5)C=C4)[nH]3.OC1c2cc3ccc(cc4nc(cc5ccc(s5)c(-c5ccc(F)cc5)c(n2)C1O)C=C4)[nH]3.OC1c2cc3nc(cc4ccc(s4)c(-c4ccc(F)cc4)c4ccc(cc(n2)C1O)[nH]4)C(O)C3O. The van der Waals surface area contributed by atoms with Gasteiger partial charge in [0.15, 0.2) is 0 Å². The summed E-state index contributed by atoms with van der Waals surface area (Å²) in [6.07, 6.45) is -1.83. The molecule has 15 heterocycles. The first-order chi connectivity index (χ1) is 48.9. The maximum Gasteiger partial charge on any atom is 0.128 e. The lowest BCUT2D eigenvalue weighted by atomic mass is 10.0. The number of aliphatic hydroxyl groups is 8. The Morgan fingerprint density at radius 1 is 0.277 bits per heavy atom. The zero-order chi connectivity index (χ0) is 69.3. The highest BCUT2D eigenvalue weighted by atomic mass is 32.1. The number of aromatic nitrogens is 9. The molecule has 8 atom stereocenters. The Labute approximate surface area is 583 Å². The van der Waals surface area contributed by atoms with Crippen LogP contribution in [0.15, 0.2) is 200 Å². The first kappa shape index (κ1) is 64.9. The molecule has 0 spiro atoms. The van der Waals surface area contributed by atoms with E-state index in [1.165, 1.54) is 76.5 Å². The Morgan fingerprint density at radius 2 is 0.624 bits per heavy atom. The van der Waals surface area contributed by atoms with Gasteiger partial charge in [0.25, 0.3) is 0 Å². The fraction of sp³-hybridized carbons (Fsp3) is 0.103. The van der Waals surface area contributed by atoms with Crippen molar-refractivity contribution in [2.75, 3.05) is 0 Å². The van der Waals surface area contributed by atoms with E-state index in [1.54, 1.807) is 66.7 Å². The van der Waals surface area contributed by atoms with E-state index < -0.39 is 48.8 Å². The number of benzene rings is 3. The second-order valence-electron chi connectivity index (χ2n) is 24.5. The molecule has 12 aromatic rings. The molecular formula is C78H56F3N9O8S3. The van der Waals surface area contributed by atoms with E-state index in [0.29, 0.717) is 39.4 Å². The third kappa shape index (κ3) is 13.1. The monoisotopic (exact) mass is 1400 g/mol. The molecule has 6 aliphatic heterocycles. The van der Waals surface area contributed by atoms with E-state index in [0.717, 1.165) is 101 Å². The summed E-state index contributed by atoms with van der Waals surface area (Å²) in [5, 5.41) is 84.9. The van der Waals surface area contributed by atoms with Gasteiger partial charge in [-0.3, -0.25) is 19.9 Å². The van der Waals surface area contributed by atoms with Gasteiger partial charge in [-0.15, -0.1) is 34.0 Å². The van der Waals surface area contributed by atoms with E-state index >= 15 is 0 Å². The van der Waals surface area contributed by atoms with Gasteiger partial charge in [0.1, 0.15) is 66.3 Å². The number of fused-ring (bicyclic) bond motifs is 24. The molecule has 0 fully saturated rings. The molecule has 0 saturated carbocycles. The van der Waals surface area contributed by atoms with Crippen molar-refractivity contribution in [1.29, 1.82) is 0 Å². The quantitative estimate of drug-likeness (QED) is 0.0785. The number of aromatic amines is 3. The number of halogens is 3. The summed E-state index contributed by atoms with van der Waals surface area (Å²) in [4.78, 5) is 37.2. The van der Waals surface area contributed by atoms with E-state index in [9.17, 15) is 54.0 Å². The van der Waals surface area contributed by atoms with Crippen molar-refractivity contribution in [3.8, 4) is 33.4 Å². The van der Waals surface area contributed by atoms with Crippen molar-refractivity contribution in [2.24, 2.45) is 0 Å². The minimum Gasteiger partial charge on any atom is -0.384 e. The third-order valence-corrected chi connectivity index (χ3v) is 20.8. The summed E-state index contributed by atoms with van der Waals surface area (Å²) in [6, 6.07) is 57.6. The van der Waals surface area contributed by atoms with Crippen molar-refractivity contribution in [2.45, 2.75) is 48.8 Å². The Morgan fingerprint density at radius 3 is 1.12 bits per heavy atom. The lowest BCUT2D eigenvalue weighted by Crippen LogP contribution is -2.05. The minimum absolute atomic E-state index is 0.144. The van der Waals surface area contributed by atoms with Crippen LogP contribution in [0, 0.1) is 17.5 Å². The van der Waals surface area contributed by atoms with Crippen LogP contribution in [0.1, 0.15) is 117 Å². The molecule has 18 rings (SSSR count). The molecule has 17 nitrogen and oxygen atoms in total. The van der Waals surface area contributed by atoms with Crippen LogP contribution >= 0.6 is 34.0 Å². The van der Waals surface area contributed by atoms with Crippen LogP contribution in [0.2, 0.25) is 0 Å². The summed E-state index contributed by atoms with van der Waals surface area (Å²) >= 11 is 4.50. The van der Waals surface area contributed by atoms with Gasteiger partial charge in [0.2, 0.25) is 0 Å². The number of rotatable bonds is 3. The summed E-state index contributed by atoms with van der Waals surface area (Å²) in [5.74, 6) is -0.979. The molecule has 8 unspecified atom stereocenters. The molecule has 101 heavy (non-hydrogen) atoms. The molecule has 23 heteroatoms. The van der Waals surface area contributed by atoms with Crippen LogP contribution in [-0.4, -0.2) is 85.7 Å². The number of hydrogen-bond donors (Lipinski definition) is 11. The standard InChI is InChI=1S/C26H20FN3O4S.2C26H18FN3O2S/c27-13-3-1-12(2-4-13)22-16-7-5-14(28-16)9-17-23(31)25(33)19(29-17)11-20-26(34)24(32)18(30-20)10-15-6-8-21(22)35-15;27-15-3-1-14(2-4-15)23-22-10-9-20(33-22)12-18-7-5-16(28-18)11-17-6-8-19(29-17)13-21-25(31)26(32)24(23)30-21;27-15-3-1-14(2-4-15)24-20-9-7-17(29-20)11-16-5-6-18(28-16)12-21-25(31)26(32)22(30-21)13-19-8-10-23(24)33-19/h1-11,23-26,28,31-34H;1-13,25-26,29,31-32H;1-13,25-26,28,31-32H. The molecule has 0 saturated heterocycles. The van der Waals surface area contributed by atoms with Crippen molar-refractivity contribution in [3.05, 3.63) is 286 Å². The average molecular weight is 1400 g/mol. The summed E-state index contributed by atoms with van der Waals surface area (Å²) < 4.78 is 46.3. The molecule has 6 aliphatic rings. The zero-order valence-corrected chi connectivity index (χ0v) is 55.0. The largest absolute Gasteiger partial charge is 0.384 e. The highest BCUT2D eigenvalue weighted by Crippen LogP contribution is 2.44. The Bertz CT molecular complexity index is 5780. The topological polar surface area (TPSA) is 287 Å². The van der Waals surface area contributed by atoms with Gasteiger partial charge in [-0.25, -0.2) is 23.1 Å². The summed E-state index contributed by atoms with van der Waals surface area (Å²) in [7, 11) is 0. The molecule has 0 amide bonds. The van der Waals surface area contributed by atoms with Crippen LogP contribution in [-0.2, 0) is 0 Å². The summed E-state index contributed by atoms with van der Waals surface area (Å²) in [5.41, 5.74) is 15.0. The van der Waals surface area contributed by atoms with Gasteiger partial charge < -0.3 is 55.8 Å². The molecule has 9 aromatic heterocycles. The molecule has 500 valence electrons. The lowest BCUT2D eigenvalue weighted by molar-refractivity contribution is 0.0218. The Balaban J connectivity index is 0.000000118. The van der Waals surface area contributed by atoms with E-state index in [1.807, 2.05) is 115 Å². The van der Waals surface area contributed by atoms with Crippen molar-refractivity contribution >= 4 is 120 Å². The smallest absolute Gasteiger partial charge is 0.128 e. The van der Waals surface area contributed by atoms with Gasteiger partial charge in [-0.1, -0.05) is 36.4 Å². The van der Waals surface area contributed by atoms with Crippen molar-refractivity contribution in [1.82, 2.24) is 44.9 Å². The van der Waals surface area contributed by atoms with Gasteiger partial charge in [0, 0.05) is 78.0 Å². The zero-order valence-electron chi connectivity index (χ0n) is 52.6. The van der Waals surface area contributed by atoms with E-state index in [2.05, 4.69) is 39.9 Å². The number of H-pyrrole nitrogens is 3. The van der Waals surface area contributed by atoms with E-state index in [-0.39, 0.29) is 40.2 Å². The van der Waals surface area contributed by atoms with Gasteiger partial charge in [-0.2, -0.15) is 0 Å². The normalized spacial score (nSPS) is 19.0. The first-order valence-electron chi connectivity index (χ1n) is 31.9. The number of nitrogens with zero attached hydrogens (tertiary/aromatic N) is 6. The van der Waals surface area contributed by atoms with Crippen LogP contribution in [0.25, 0.3) is 119 Å². The van der Waals surface area contributed by atoms with Crippen LogP contribution in [0.4, 0.5) is 13.2 Å². The fourth-order valence-corrected chi connectivity index (χ4v) is 15.7. The number of aliphatic hydroxyl groups excluding tert-OH is 8. The fourth-order valence-electron chi connectivity index (χ4n) is 12.6. The van der Waals surface area contributed by atoms with Crippen LogP contribution in [0.3, 0.4) is 0 Å². The highest BCUT2D eigenvalue weighted by molar-refractivity contribution is 7.24. The average Bonchev–Trinajstić information content (AvgIpc) is 1.65.